The number of halogens is 1. The number of amides is 1. The fraction of sp³-hybridized carbons (Fsp3) is 0.227. The summed E-state index contributed by atoms with van der Waals surface area (Å²) in [5, 5.41) is 1.81. The third-order valence-corrected chi connectivity index (χ3v) is 5.36. The minimum atomic E-state index is -0.0911. The smallest absolute Gasteiger partial charge is 0.261 e. The van der Waals surface area contributed by atoms with Gasteiger partial charge in [-0.2, -0.15) is 0 Å². The van der Waals surface area contributed by atoms with Crippen LogP contribution in [0.25, 0.3) is 16.5 Å². The Morgan fingerprint density at radius 2 is 1.89 bits per heavy atom. The Morgan fingerprint density at radius 3 is 2.54 bits per heavy atom. The number of nitrogens with zero attached hydrogens (tertiary/aromatic N) is 1. The Morgan fingerprint density at radius 1 is 1.14 bits per heavy atom. The third-order valence-electron chi connectivity index (χ3n) is 5.13. The van der Waals surface area contributed by atoms with E-state index in [1.165, 1.54) is 5.57 Å². The number of nitrogens with one attached hydrogen (secondary N) is 1. The number of carbonyl (C=O) groups is 1. The van der Waals surface area contributed by atoms with Gasteiger partial charge in [-0.05, 0) is 42.3 Å². The molecule has 0 saturated heterocycles. The molecule has 4 rings (SSSR count). The van der Waals surface area contributed by atoms with Crippen molar-refractivity contribution in [3.8, 4) is 11.5 Å². The highest BCUT2D eigenvalue weighted by atomic mass is 35.5. The molecule has 3 aromatic rings. The van der Waals surface area contributed by atoms with Crippen molar-refractivity contribution >= 4 is 34.0 Å². The van der Waals surface area contributed by atoms with Crippen molar-refractivity contribution in [3.63, 3.8) is 0 Å². The van der Waals surface area contributed by atoms with Crippen molar-refractivity contribution in [2.45, 2.75) is 6.42 Å². The fourth-order valence-electron chi connectivity index (χ4n) is 3.68. The van der Waals surface area contributed by atoms with Gasteiger partial charge in [-0.25, -0.2) is 0 Å². The van der Waals surface area contributed by atoms with Crippen LogP contribution in [-0.4, -0.2) is 43.1 Å². The van der Waals surface area contributed by atoms with Crippen LogP contribution in [0.15, 0.2) is 48.7 Å². The monoisotopic (exact) mass is 396 g/mol. The topological polar surface area (TPSA) is 54.6 Å². The van der Waals surface area contributed by atoms with Crippen molar-refractivity contribution in [2.75, 3.05) is 27.3 Å². The summed E-state index contributed by atoms with van der Waals surface area (Å²) in [6.07, 6.45) is 4.88. The lowest BCUT2D eigenvalue weighted by molar-refractivity contribution is 0.0766. The largest absolute Gasteiger partial charge is 0.496 e. The van der Waals surface area contributed by atoms with E-state index in [0.717, 1.165) is 22.9 Å². The maximum atomic E-state index is 13.1. The van der Waals surface area contributed by atoms with E-state index in [0.29, 0.717) is 35.2 Å². The van der Waals surface area contributed by atoms with Gasteiger partial charge in [0.05, 0.1) is 14.2 Å². The number of ether oxygens (including phenoxy) is 2. The lowest BCUT2D eigenvalue weighted by Crippen LogP contribution is -2.35. The predicted octanol–water partition coefficient (Wildman–Crippen LogP) is 4.77. The summed E-state index contributed by atoms with van der Waals surface area (Å²) in [4.78, 5) is 18.2. The van der Waals surface area contributed by atoms with E-state index in [9.17, 15) is 4.79 Å². The van der Waals surface area contributed by atoms with Crippen LogP contribution in [0.3, 0.4) is 0 Å². The van der Waals surface area contributed by atoms with E-state index in [1.54, 1.807) is 26.4 Å². The predicted molar refractivity (Wildman–Crippen MR) is 111 cm³/mol. The normalized spacial score (nSPS) is 14.1. The molecule has 0 saturated carbocycles. The summed E-state index contributed by atoms with van der Waals surface area (Å²) >= 11 is 6.17. The number of rotatable bonds is 4. The zero-order valence-electron chi connectivity index (χ0n) is 15.8. The lowest BCUT2D eigenvalue weighted by atomic mass is 9.98. The highest BCUT2D eigenvalue weighted by Gasteiger charge is 2.25. The van der Waals surface area contributed by atoms with E-state index in [4.69, 9.17) is 21.1 Å². The summed E-state index contributed by atoms with van der Waals surface area (Å²) in [5.41, 5.74) is 3.87. The zero-order chi connectivity index (χ0) is 19.7. The van der Waals surface area contributed by atoms with Crippen molar-refractivity contribution < 1.29 is 14.3 Å². The van der Waals surface area contributed by atoms with Gasteiger partial charge in [0, 0.05) is 40.8 Å². The number of H-pyrrole nitrogens is 1. The van der Waals surface area contributed by atoms with Crippen LogP contribution >= 0.6 is 11.6 Å². The molecule has 28 heavy (non-hydrogen) atoms. The molecular formula is C22H21ClN2O3. The molecule has 0 radical (unpaired) electrons. The standard InChI is InChI=1S/C22H21ClN2O3/c1-27-19-4-3-5-20(28-2)21(19)22(26)25-10-8-14(9-11-25)17-13-24-18-7-6-15(23)12-16(17)18/h3-8,12-13,24H,9-11H2,1-2H3. The minimum absolute atomic E-state index is 0.0911. The maximum absolute atomic E-state index is 13.1. The van der Waals surface area contributed by atoms with Crippen molar-refractivity contribution in [3.05, 3.63) is 64.8 Å². The number of benzene rings is 2. The van der Waals surface area contributed by atoms with Crippen LogP contribution in [0, 0.1) is 0 Å². The van der Waals surface area contributed by atoms with Crippen LogP contribution in [0.4, 0.5) is 0 Å². The Kier molecular flexibility index (Phi) is 5.01. The molecular weight excluding hydrogens is 376 g/mol. The summed E-state index contributed by atoms with van der Waals surface area (Å²) < 4.78 is 10.8. The van der Waals surface area contributed by atoms with E-state index in [2.05, 4.69) is 11.1 Å². The molecule has 1 aliphatic rings. The molecule has 1 aliphatic heterocycles. The Hall–Kier alpha value is -2.92. The molecule has 6 heteroatoms. The van der Waals surface area contributed by atoms with Crippen LogP contribution in [0.2, 0.25) is 5.02 Å². The molecule has 1 aromatic heterocycles. The molecule has 2 aromatic carbocycles. The Bertz CT molecular complexity index is 1050. The highest BCUT2D eigenvalue weighted by Crippen LogP contribution is 2.33. The van der Waals surface area contributed by atoms with Gasteiger partial charge in [0.25, 0.3) is 5.91 Å². The molecule has 0 unspecified atom stereocenters. The second-order valence-corrected chi connectivity index (χ2v) is 7.10. The molecule has 2 heterocycles. The molecule has 5 nitrogen and oxygen atoms in total. The van der Waals surface area contributed by atoms with Crippen molar-refractivity contribution in [1.82, 2.24) is 9.88 Å². The summed E-state index contributed by atoms with van der Waals surface area (Å²) in [6.45, 7) is 1.15. The summed E-state index contributed by atoms with van der Waals surface area (Å²) in [6, 6.07) is 11.2. The van der Waals surface area contributed by atoms with Gasteiger partial charge in [0.2, 0.25) is 0 Å². The second-order valence-electron chi connectivity index (χ2n) is 6.66. The van der Waals surface area contributed by atoms with Gasteiger partial charge in [0.1, 0.15) is 17.1 Å². The highest BCUT2D eigenvalue weighted by molar-refractivity contribution is 6.31. The van der Waals surface area contributed by atoms with E-state index < -0.39 is 0 Å². The maximum Gasteiger partial charge on any atom is 0.261 e. The van der Waals surface area contributed by atoms with Gasteiger partial charge < -0.3 is 19.4 Å². The van der Waals surface area contributed by atoms with Gasteiger partial charge in [-0.15, -0.1) is 0 Å². The van der Waals surface area contributed by atoms with Crippen LogP contribution in [0.5, 0.6) is 11.5 Å². The van der Waals surface area contributed by atoms with E-state index in [-0.39, 0.29) is 5.91 Å². The summed E-state index contributed by atoms with van der Waals surface area (Å²) in [5.74, 6) is 0.947. The number of carbonyl (C=O) groups excluding carboxylic acids is 1. The first kappa shape index (κ1) is 18.4. The number of hydrogen-bond donors (Lipinski definition) is 1. The Balaban J connectivity index is 1.61. The Labute approximate surface area is 168 Å². The van der Waals surface area contributed by atoms with E-state index >= 15 is 0 Å². The number of fused-ring (bicyclic) bond motifs is 1. The molecule has 0 atom stereocenters. The van der Waals surface area contributed by atoms with Gasteiger partial charge >= 0.3 is 0 Å². The molecule has 0 spiro atoms. The number of aromatic nitrogens is 1. The van der Waals surface area contributed by atoms with Gasteiger partial charge in [-0.1, -0.05) is 23.7 Å². The van der Waals surface area contributed by atoms with Gasteiger partial charge in [0.15, 0.2) is 0 Å². The second kappa shape index (κ2) is 7.60. The molecule has 1 amide bonds. The lowest BCUT2D eigenvalue weighted by Gasteiger charge is -2.27. The number of aromatic amines is 1. The van der Waals surface area contributed by atoms with Crippen LogP contribution in [0.1, 0.15) is 22.3 Å². The molecule has 144 valence electrons. The first-order chi connectivity index (χ1) is 13.6. The fourth-order valence-corrected chi connectivity index (χ4v) is 3.85. The number of hydrogen-bond acceptors (Lipinski definition) is 3. The van der Waals surface area contributed by atoms with E-state index in [1.807, 2.05) is 35.4 Å². The SMILES string of the molecule is COc1cccc(OC)c1C(=O)N1CC=C(c2c[nH]c3ccc(Cl)cc23)CC1. The van der Waals surface area contributed by atoms with Crippen LogP contribution in [-0.2, 0) is 0 Å². The van der Waals surface area contributed by atoms with Gasteiger partial charge in [-0.3, -0.25) is 4.79 Å². The van der Waals surface area contributed by atoms with Crippen LogP contribution < -0.4 is 9.47 Å². The summed E-state index contributed by atoms with van der Waals surface area (Å²) in [7, 11) is 3.11. The van der Waals surface area contributed by atoms with Crippen molar-refractivity contribution in [1.29, 1.82) is 0 Å². The average Bonchev–Trinajstić information content (AvgIpc) is 3.15. The third kappa shape index (κ3) is 3.22. The average molecular weight is 397 g/mol. The van der Waals surface area contributed by atoms with Crippen molar-refractivity contribution in [2.24, 2.45) is 0 Å². The first-order valence-electron chi connectivity index (χ1n) is 9.08. The minimum Gasteiger partial charge on any atom is -0.496 e. The number of methoxy groups -OCH3 is 2. The first-order valence-corrected chi connectivity index (χ1v) is 9.46. The molecule has 0 fully saturated rings. The molecule has 0 bridgehead atoms. The molecule has 0 aliphatic carbocycles. The molecule has 1 N–H and O–H groups in total. The quantitative estimate of drug-likeness (QED) is 0.691. The zero-order valence-corrected chi connectivity index (χ0v) is 16.5.